The number of rotatable bonds is 1. The highest BCUT2D eigenvalue weighted by Gasteiger charge is 2.39. The fourth-order valence-electron chi connectivity index (χ4n) is 2.31. The number of amides is 1. The number of nitrogens with two attached hydrogens (primary N) is 1. The van der Waals surface area contributed by atoms with Gasteiger partial charge in [-0.15, -0.1) is 0 Å². The molecule has 1 saturated heterocycles. The molecule has 0 bridgehead atoms. The highest BCUT2D eigenvalue weighted by molar-refractivity contribution is 5.95. The van der Waals surface area contributed by atoms with Crippen LogP contribution in [0.25, 0.3) is 11.0 Å². The van der Waals surface area contributed by atoms with Gasteiger partial charge < -0.3 is 16.0 Å². The van der Waals surface area contributed by atoms with E-state index in [9.17, 15) is 4.79 Å². The Morgan fingerprint density at radius 2 is 2.21 bits per heavy atom. The van der Waals surface area contributed by atoms with E-state index in [0.717, 1.165) is 5.39 Å². The zero-order valence-electron chi connectivity index (χ0n) is 10.8. The molecule has 4 N–H and O–H groups in total. The molecule has 3 heterocycles. The van der Waals surface area contributed by atoms with Crippen LogP contribution in [-0.4, -0.2) is 44.7 Å². The van der Waals surface area contributed by atoms with Gasteiger partial charge in [-0.2, -0.15) is 15.1 Å². The monoisotopic (exact) mass is 261 g/mol. The number of fused-ring (bicyclic) bond motifs is 1. The van der Waals surface area contributed by atoms with Crippen LogP contribution in [-0.2, 0) is 4.79 Å². The van der Waals surface area contributed by atoms with E-state index >= 15 is 0 Å². The van der Waals surface area contributed by atoms with E-state index < -0.39 is 5.54 Å². The maximum absolute atomic E-state index is 12.0. The molecule has 8 nitrogen and oxygen atoms in total. The summed E-state index contributed by atoms with van der Waals surface area (Å²) < 4.78 is 0. The minimum absolute atomic E-state index is 0.0346. The van der Waals surface area contributed by atoms with Crippen LogP contribution < -0.4 is 16.0 Å². The van der Waals surface area contributed by atoms with Crippen molar-refractivity contribution in [2.45, 2.75) is 19.4 Å². The quantitative estimate of drug-likeness (QED) is 0.646. The lowest BCUT2D eigenvalue weighted by atomic mass is 9.98. The molecule has 3 rings (SSSR count). The molecule has 0 radical (unpaired) electrons. The van der Waals surface area contributed by atoms with Gasteiger partial charge in [-0.05, 0) is 13.8 Å². The van der Waals surface area contributed by atoms with Gasteiger partial charge >= 0.3 is 0 Å². The first-order valence-corrected chi connectivity index (χ1v) is 6.02. The van der Waals surface area contributed by atoms with E-state index in [1.807, 2.05) is 18.7 Å². The van der Waals surface area contributed by atoms with Crippen molar-refractivity contribution in [1.82, 2.24) is 25.5 Å². The van der Waals surface area contributed by atoms with Crippen molar-refractivity contribution in [2.24, 2.45) is 0 Å². The van der Waals surface area contributed by atoms with Crippen LogP contribution >= 0.6 is 0 Å². The lowest BCUT2D eigenvalue weighted by Crippen LogP contribution is -2.62. The second-order valence-corrected chi connectivity index (χ2v) is 5.00. The van der Waals surface area contributed by atoms with Gasteiger partial charge in [-0.25, -0.2) is 0 Å². The maximum atomic E-state index is 12.0. The standard InChI is InChI=1S/C11H15N7O/c1-11(2)9(19)13-3-4-18(11)8-6-5-14-17-7(6)15-10(12)16-8/h5H,3-4H2,1-2H3,(H,13,19)(H3,12,14,15,16,17). The van der Waals surface area contributed by atoms with Crippen molar-refractivity contribution >= 4 is 28.7 Å². The molecule has 1 fully saturated rings. The van der Waals surface area contributed by atoms with Crippen LogP contribution in [0.5, 0.6) is 0 Å². The van der Waals surface area contributed by atoms with E-state index in [0.29, 0.717) is 24.6 Å². The van der Waals surface area contributed by atoms with Crippen molar-refractivity contribution in [3.8, 4) is 0 Å². The van der Waals surface area contributed by atoms with Gasteiger partial charge in [0.25, 0.3) is 0 Å². The molecule has 0 atom stereocenters. The molecule has 0 aromatic carbocycles. The Labute approximate surface area is 109 Å². The first kappa shape index (κ1) is 11.7. The average Bonchev–Trinajstić information content (AvgIpc) is 2.79. The Hall–Kier alpha value is -2.38. The molecule has 1 aliphatic rings. The predicted molar refractivity (Wildman–Crippen MR) is 70.5 cm³/mol. The number of nitrogen functional groups attached to an aromatic ring is 1. The SMILES string of the molecule is CC1(C)C(=O)NCCN1c1nc(N)nc2[nH]ncc12. The van der Waals surface area contributed by atoms with Gasteiger partial charge in [0.1, 0.15) is 11.4 Å². The summed E-state index contributed by atoms with van der Waals surface area (Å²) in [5, 5.41) is 10.3. The number of nitrogens with zero attached hydrogens (tertiary/aromatic N) is 4. The molecule has 100 valence electrons. The normalized spacial score (nSPS) is 18.6. The smallest absolute Gasteiger partial charge is 0.245 e. The lowest BCUT2D eigenvalue weighted by molar-refractivity contribution is -0.126. The van der Waals surface area contributed by atoms with Crippen molar-refractivity contribution in [3.05, 3.63) is 6.20 Å². The maximum Gasteiger partial charge on any atom is 0.245 e. The molecule has 1 amide bonds. The molecule has 2 aromatic rings. The summed E-state index contributed by atoms with van der Waals surface area (Å²) in [7, 11) is 0. The lowest BCUT2D eigenvalue weighted by Gasteiger charge is -2.42. The number of hydrogen-bond donors (Lipinski definition) is 3. The average molecular weight is 261 g/mol. The zero-order chi connectivity index (χ0) is 13.6. The van der Waals surface area contributed by atoms with Gasteiger partial charge in [0.2, 0.25) is 11.9 Å². The third kappa shape index (κ3) is 1.67. The molecule has 2 aromatic heterocycles. The number of aromatic nitrogens is 4. The van der Waals surface area contributed by atoms with Crippen LogP contribution in [0, 0.1) is 0 Å². The number of H-pyrrole nitrogens is 1. The number of carbonyl (C=O) groups excluding carboxylic acids is 1. The van der Waals surface area contributed by atoms with Gasteiger partial charge in [0.15, 0.2) is 5.65 Å². The van der Waals surface area contributed by atoms with E-state index in [2.05, 4.69) is 25.5 Å². The number of piperazine rings is 1. The molecule has 0 aliphatic carbocycles. The van der Waals surface area contributed by atoms with E-state index in [1.165, 1.54) is 0 Å². The highest BCUT2D eigenvalue weighted by Crippen LogP contribution is 2.30. The van der Waals surface area contributed by atoms with Crippen LogP contribution in [0.3, 0.4) is 0 Å². The third-order valence-electron chi connectivity index (χ3n) is 3.41. The summed E-state index contributed by atoms with van der Waals surface area (Å²) in [4.78, 5) is 22.3. The number of nitrogens with one attached hydrogen (secondary N) is 2. The first-order chi connectivity index (χ1) is 9.00. The summed E-state index contributed by atoms with van der Waals surface area (Å²) in [6.45, 7) is 4.94. The summed E-state index contributed by atoms with van der Waals surface area (Å²) in [6.07, 6.45) is 1.65. The second kappa shape index (κ2) is 3.81. The fraction of sp³-hybridized carbons (Fsp3) is 0.455. The number of hydrogen-bond acceptors (Lipinski definition) is 6. The molecule has 0 unspecified atom stereocenters. The van der Waals surface area contributed by atoms with Crippen molar-refractivity contribution in [3.63, 3.8) is 0 Å². The first-order valence-electron chi connectivity index (χ1n) is 6.02. The van der Waals surface area contributed by atoms with E-state index in [1.54, 1.807) is 6.20 Å². The minimum atomic E-state index is -0.691. The molecule has 0 saturated carbocycles. The van der Waals surface area contributed by atoms with Gasteiger partial charge in [-0.3, -0.25) is 9.89 Å². The van der Waals surface area contributed by atoms with Gasteiger partial charge in [0, 0.05) is 13.1 Å². The predicted octanol–water partition coefficient (Wildman–Crippen LogP) is -0.350. The number of anilines is 2. The van der Waals surface area contributed by atoms with Crippen LogP contribution in [0.1, 0.15) is 13.8 Å². The minimum Gasteiger partial charge on any atom is -0.368 e. The highest BCUT2D eigenvalue weighted by atomic mass is 16.2. The topological polar surface area (TPSA) is 113 Å². The zero-order valence-corrected chi connectivity index (χ0v) is 10.8. The molecule has 19 heavy (non-hydrogen) atoms. The Balaban J connectivity index is 2.18. The molecule has 8 heteroatoms. The van der Waals surface area contributed by atoms with Gasteiger partial charge in [-0.1, -0.05) is 0 Å². The van der Waals surface area contributed by atoms with E-state index in [4.69, 9.17) is 5.73 Å². The number of aromatic amines is 1. The van der Waals surface area contributed by atoms with Crippen molar-refractivity contribution < 1.29 is 4.79 Å². The molecule has 0 spiro atoms. The fourth-order valence-corrected chi connectivity index (χ4v) is 2.31. The van der Waals surface area contributed by atoms with Crippen LogP contribution in [0.15, 0.2) is 6.20 Å². The Bertz CT molecular complexity index is 648. The largest absolute Gasteiger partial charge is 0.368 e. The Morgan fingerprint density at radius 1 is 1.42 bits per heavy atom. The van der Waals surface area contributed by atoms with E-state index in [-0.39, 0.29) is 11.9 Å². The molecule has 1 aliphatic heterocycles. The summed E-state index contributed by atoms with van der Waals surface area (Å²) in [5.74, 6) is 0.761. The van der Waals surface area contributed by atoms with Gasteiger partial charge in [0.05, 0.1) is 11.6 Å². The van der Waals surface area contributed by atoms with Crippen molar-refractivity contribution in [2.75, 3.05) is 23.7 Å². The summed E-state index contributed by atoms with van der Waals surface area (Å²) in [5.41, 5.74) is 5.60. The number of carbonyl (C=O) groups is 1. The summed E-state index contributed by atoms with van der Waals surface area (Å²) >= 11 is 0. The van der Waals surface area contributed by atoms with Crippen LogP contribution in [0.2, 0.25) is 0 Å². The van der Waals surface area contributed by atoms with Crippen molar-refractivity contribution in [1.29, 1.82) is 0 Å². The Morgan fingerprint density at radius 3 is 3.00 bits per heavy atom. The Kier molecular flexibility index (Phi) is 2.34. The van der Waals surface area contributed by atoms with Crippen LogP contribution in [0.4, 0.5) is 11.8 Å². The third-order valence-corrected chi connectivity index (χ3v) is 3.41. The second-order valence-electron chi connectivity index (χ2n) is 5.00. The molecular weight excluding hydrogens is 246 g/mol. The summed E-state index contributed by atoms with van der Waals surface area (Å²) in [6, 6.07) is 0. The molecular formula is C11H15N7O.